The summed E-state index contributed by atoms with van der Waals surface area (Å²) in [6.45, 7) is 1.52. The van der Waals surface area contributed by atoms with E-state index in [2.05, 4.69) is 0 Å². The third kappa shape index (κ3) is 3.63. The molecule has 0 heterocycles. The number of thioether (sulfide) groups is 1. The van der Waals surface area contributed by atoms with E-state index in [9.17, 15) is 20.0 Å². The molecule has 0 amide bonds. The molecule has 0 spiro atoms. The molecule has 0 aliphatic rings. The average Bonchev–Trinajstić information content (AvgIpc) is 2.26. The second-order valence-electron chi connectivity index (χ2n) is 3.36. The maximum atomic E-state index is 10.6. The molecular weight excluding hydrogens is 246 g/mol. The molecule has 1 unspecified atom stereocenters. The molecule has 1 aromatic rings. The third-order valence-corrected chi connectivity index (χ3v) is 3.29. The van der Waals surface area contributed by atoms with Gasteiger partial charge in [0.2, 0.25) is 0 Å². The van der Waals surface area contributed by atoms with E-state index >= 15 is 0 Å². The number of carboxylic acid groups (broad SMARTS) is 1. The van der Waals surface area contributed by atoms with Gasteiger partial charge < -0.3 is 10.2 Å². The summed E-state index contributed by atoms with van der Waals surface area (Å²) >= 11 is 1.09. The molecule has 6 nitrogen and oxygen atoms in total. The highest BCUT2D eigenvalue weighted by Crippen LogP contribution is 2.28. The standard InChI is InChI=1S/C10H11NO5S/c1-6(10(13)14)17-5-7-4-8(11(15)16)2-3-9(7)12/h2-4,6,12H,5H2,1H3,(H,13,14). The normalized spacial score (nSPS) is 12.1. The van der Waals surface area contributed by atoms with Crippen LogP contribution in [0.2, 0.25) is 0 Å². The topological polar surface area (TPSA) is 101 Å². The van der Waals surface area contributed by atoms with Crippen LogP contribution in [0.15, 0.2) is 18.2 Å². The summed E-state index contributed by atoms with van der Waals surface area (Å²) in [6.07, 6.45) is 0. The second kappa shape index (κ2) is 5.53. The first kappa shape index (κ1) is 13.3. The second-order valence-corrected chi connectivity index (χ2v) is 4.69. The van der Waals surface area contributed by atoms with E-state index in [1.807, 2.05) is 0 Å². The first-order valence-corrected chi connectivity index (χ1v) is 5.77. The van der Waals surface area contributed by atoms with Crippen LogP contribution < -0.4 is 0 Å². The molecule has 0 bridgehead atoms. The Bertz CT molecular complexity index is 448. The highest BCUT2D eigenvalue weighted by Gasteiger charge is 2.14. The molecule has 0 fully saturated rings. The zero-order valence-corrected chi connectivity index (χ0v) is 9.81. The summed E-state index contributed by atoms with van der Waals surface area (Å²) in [4.78, 5) is 20.6. The molecule has 1 rings (SSSR count). The number of phenols is 1. The minimum Gasteiger partial charge on any atom is -0.508 e. The van der Waals surface area contributed by atoms with Gasteiger partial charge in [0.1, 0.15) is 5.75 Å². The maximum Gasteiger partial charge on any atom is 0.316 e. The SMILES string of the molecule is CC(SCc1cc([N+](=O)[O-])ccc1O)C(=O)O. The van der Waals surface area contributed by atoms with Crippen LogP contribution >= 0.6 is 11.8 Å². The zero-order valence-electron chi connectivity index (χ0n) is 8.99. The largest absolute Gasteiger partial charge is 0.508 e. The number of nitro benzene ring substituents is 1. The van der Waals surface area contributed by atoms with Gasteiger partial charge in [-0.15, -0.1) is 11.8 Å². The van der Waals surface area contributed by atoms with Crippen LogP contribution in [-0.2, 0) is 10.5 Å². The molecule has 7 heteroatoms. The predicted molar refractivity (Wildman–Crippen MR) is 63.2 cm³/mol. The van der Waals surface area contributed by atoms with Crippen LogP contribution in [0.25, 0.3) is 0 Å². The number of carbonyl (C=O) groups is 1. The summed E-state index contributed by atoms with van der Waals surface area (Å²) in [7, 11) is 0. The summed E-state index contributed by atoms with van der Waals surface area (Å²) in [5.74, 6) is -0.818. The van der Waals surface area contributed by atoms with Crippen molar-refractivity contribution in [1.82, 2.24) is 0 Å². The number of non-ortho nitro benzene ring substituents is 1. The number of rotatable bonds is 5. The Hall–Kier alpha value is -1.76. The van der Waals surface area contributed by atoms with E-state index in [1.165, 1.54) is 25.1 Å². The third-order valence-electron chi connectivity index (χ3n) is 2.11. The van der Waals surface area contributed by atoms with E-state index in [0.29, 0.717) is 5.56 Å². The number of nitrogens with zero attached hydrogens (tertiary/aromatic N) is 1. The van der Waals surface area contributed by atoms with Crippen molar-refractivity contribution < 1.29 is 19.9 Å². The first-order valence-electron chi connectivity index (χ1n) is 4.72. The van der Waals surface area contributed by atoms with Crippen LogP contribution in [0.4, 0.5) is 5.69 Å². The number of carboxylic acids is 1. The highest BCUT2D eigenvalue weighted by atomic mass is 32.2. The van der Waals surface area contributed by atoms with E-state index < -0.39 is 16.1 Å². The van der Waals surface area contributed by atoms with E-state index in [1.54, 1.807) is 0 Å². The lowest BCUT2D eigenvalue weighted by Crippen LogP contribution is -2.11. The van der Waals surface area contributed by atoms with Gasteiger partial charge in [-0.1, -0.05) is 0 Å². The van der Waals surface area contributed by atoms with Crippen molar-refractivity contribution in [2.75, 3.05) is 0 Å². The van der Waals surface area contributed by atoms with Crippen molar-refractivity contribution in [3.8, 4) is 5.75 Å². The van der Waals surface area contributed by atoms with Gasteiger partial charge in [0.05, 0.1) is 10.2 Å². The molecule has 0 aliphatic carbocycles. The zero-order chi connectivity index (χ0) is 13.0. The van der Waals surface area contributed by atoms with Gasteiger partial charge in [-0.05, 0) is 13.0 Å². The fraction of sp³-hybridized carbons (Fsp3) is 0.300. The van der Waals surface area contributed by atoms with Crippen LogP contribution in [0.1, 0.15) is 12.5 Å². The summed E-state index contributed by atoms with van der Waals surface area (Å²) in [6, 6.07) is 3.68. The van der Waals surface area contributed by atoms with Gasteiger partial charge in [-0.2, -0.15) is 0 Å². The number of aromatic hydroxyl groups is 1. The van der Waals surface area contributed by atoms with Crippen LogP contribution in [0.5, 0.6) is 5.75 Å². The van der Waals surface area contributed by atoms with Gasteiger partial charge in [0, 0.05) is 23.4 Å². The molecule has 0 radical (unpaired) electrons. The quantitative estimate of drug-likeness (QED) is 0.618. The average molecular weight is 257 g/mol. The lowest BCUT2D eigenvalue weighted by molar-refractivity contribution is -0.384. The Morgan fingerprint density at radius 3 is 2.76 bits per heavy atom. The fourth-order valence-corrected chi connectivity index (χ4v) is 1.89. The predicted octanol–water partition coefficient (Wildman–Crippen LogP) is 2.01. The van der Waals surface area contributed by atoms with Gasteiger partial charge in [0.15, 0.2) is 0 Å². The molecule has 0 aromatic heterocycles. The molecule has 0 aliphatic heterocycles. The van der Waals surface area contributed by atoms with E-state index in [-0.39, 0.29) is 17.2 Å². The monoisotopic (exact) mass is 257 g/mol. The van der Waals surface area contributed by atoms with Crippen molar-refractivity contribution in [2.45, 2.75) is 17.9 Å². The fourth-order valence-electron chi connectivity index (χ4n) is 1.09. The summed E-state index contributed by atoms with van der Waals surface area (Å²) in [5, 5.41) is 28.1. The van der Waals surface area contributed by atoms with Crippen molar-refractivity contribution in [1.29, 1.82) is 0 Å². The summed E-state index contributed by atoms with van der Waals surface area (Å²) in [5.41, 5.74) is 0.235. The van der Waals surface area contributed by atoms with Crippen molar-refractivity contribution >= 4 is 23.4 Å². The number of hydrogen-bond acceptors (Lipinski definition) is 5. The molecule has 92 valence electrons. The number of hydrogen-bond donors (Lipinski definition) is 2. The molecule has 1 atom stereocenters. The smallest absolute Gasteiger partial charge is 0.316 e. The number of phenolic OH excluding ortho intramolecular Hbond substituents is 1. The molecule has 2 N–H and O–H groups in total. The van der Waals surface area contributed by atoms with E-state index in [4.69, 9.17) is 5.11 Å². The Balaban J connectivity index is 2.79. The Kier molecular flexibility index (Phi) is 4.33. The Morgan fingerprint density at radius 2 is 2.24 bits per heavy atom. The minimum absolute atomic E-state index is 0.0688. The molecular formula is C10H11NO5S. The number of benzene rings is 1. The van der Waals surface area contributed by atoms with E-state index in [0.717, 1.165) is 11.8 Å². The van der Waals surface area contributed by atoms with Crippen LogP contribution in [0, 0.1) is 10.1 Å². The number of aliphatic carboxylic acids is 1. The lowest BCUT2D eigenvalue weighted by atomic mass is 10.2. The van der Waals surface area contributed by atoms with Gasteiger partial charge in [-0.3, -0.25) is 14.9 Å². The highest BCUT2D eigenvalue weighted by molar-refractivity contribution is 7.99. The van der Waals surface area contributed by atoms with Crippen molar-refractivity contribution in [3.05, 3.63) is 33.9 Å². The van der Waals surface area contributed by atoms with Crippen molar-refractivity contribution in [2.24, 2.45) is 0 Å². The van der Waals surface area contributed by atoms with Gasteiger partial charge in [0.25, 0.3) is 5.69 Å². The van der Waals surface area contributed by atoms with Crippen LogP contribution in [-0.4, -0.2) is 26.4 Å². The van der Waals surface area contributed by atoms with Crippen molar-refractivity contribution in [3.63, 3.8) is 0 Å². The lowest BCUT2D eigenvalue weighted by Gasteiger charge is -2.07. The van der Waals surface area contributed by atoms with Crippen LogP contribution in [0.3, 0.4) is 0 Å². The van der Waals surface area contributed by atoms with Gasteiger partial charge in [-0.25, -0.2) is 0 Å². The first-order chi connectivity index (χ1) is 7.91. The number of nitro groups is 1. The Labute approximate surface area is 101 Å². The molecule has 17 heavy (non-hydrogen) atoms. The maximum absolute atomic E-state index is 10.6. The Morgan fingerprint density at radius 1 is 1.59 bits per heavy atom. The molecule has 1 aromatic carbocycles. The molecule has 0 saturated carbocycles. The van der Waals surface area contributed by atoms with Gasteiger partial charge >= 0.3 is 5.97 Å². The summed E-state index contributed by atoms with van der Waals surface area (Å²) < 4.78 is 0. The minimum atomic E-state index is -0.958. The molecule has 0 saturated heterocycles.